The van der Waals surface area contributed by atoms with Gasteiger partial charge in [0.1, 0.15) is 5.75 Å². The van der Waals surface area contributed by atoms with Crippen molar-refractivity contribution in [1.29, 1.82) is 0 Å². The molecule has 0 radical (unpaired) electrons. The molecule has 0 atom stereocenters. The van der Waals surface area contributed by atoms with E-state index in [4.69, 9.17) is 26.1 Å². The van der Waals surface area contributed by atoms with Crippen molar-refractivity contribution in [3.05, 3.63) is 65.4 Å². The van der Waals surface area contributed by atoms with Crippen LogP contribution < -0.4 is 15.4 Å². The number of morpholine rings is 1. The van der Waals surface area contributed by atoms with Crippen LogP contribution in [0.5, 0.6) is 11.8 Å². The van der Waals surface area contributed by atoms with Gasteiger partial charge in [0.2, 0.25) is 5.95 Å². The van der Waals surface area contributed by atoms with Crippen LogP contribution in [0, 0.1) is 0 Å². The first-order chi connectivity index (χ1) is 17.1. The van der Waals surface area contributed by atoms with E-state index in [9.17, 15) is 0 Å². The van der Waals surface area contributed by atoms with Crippen LogP contribution >= 0.6 is 11.6 Å². The second-order valence-electron chi connectivity index (χ2n) is 8.36. The van der Waals surface area contributed by atoms with Gasteiger partial charge in [-0.15, -0.1) is 0 Å². The summed E-state index contributed by atoms with van der Waals surface area (Å²) in [5.74, 6) is 1.48. The molecule has 2 aromatic carbocycles. The standard InChI is InChI=1S/C25H28ClN7O2/c1-32-23-14-20(27-8-9-33-10-12-34-13-11-33)4-7-22(23)31-24(32)28-15-18-2-5-21(6-3-18)35-25-29-16-19(26)17-30-25/h2-7,14,16-17,27H,8-13,15H2,1H3,(H,28,31). The first-order valence-corrected chi connectivity index (χ1v) is 12.0. The highest BCUT2D eigenvalue weighted by Crippen LogP contribution is 2.23. The van der Waals surface area contributed by atoms with Crippen molar-refractivity contribution >= 4 is 34.3 Å². The summed E-state index contributed by atoms with van der Waals surface area (Å²) in [4.78, 5) is 15.3. The third kappa shape index (κ3) is 6.00. The minimum Gasteiger partial charge on any atom is -0.424 e. The normalized spacial score (nSPS) is 14.2. The Labute approximate surface area is 209 Å². The van der Waals surface area contributed by atoms with E-state index in [1.807, 2.05) is 31.3 Å². The van der Waals surface area contributed by atoms with Crippen molar-refractivity contribution in [3.63, 3.8) is 0 Å². The summed E-state index contributed by atoms with van der Waals surface area (Å²) in [6, 6.07) is 14.3. The lowest BCUT2D eigenvalue weighted by atomic mass is 10.2. The average Bonchev–Trinajstić information content (AvgIpc) is 3.20. The number of aryl methyl sites for hydroxylation is 1. The molecule has 3 heterocycles. The van der Waals surface area contributed by atoms with E-state index in [0.29, 0.717) is 17.3 Å². The van der Waals surface area contributed by atoms with E-state index in [0.717, 1.165) is 67.6 Å². The largest absolute Gasteiger partial charge is 0.424 e. The monoisotopic (exact) mass is 493 g/mol. The molecule has 35 heavy (non-hydrogen) atoms. The maximum absolute atomic E-state index is 5.81. The molecule has 0 bridgehead atoms. The number of aromatic nitrogens is 4. The number of hydrogen-bond acceptors (Lipinski definition) is 8. The van der Waals surface area contributed by atoms with E-state index in [2.05, 4.69) is 48.3 Å². The Morgan fingerprint density at radius 3 is 2.57 bits per heavy atom. The molecule has 1 saturated heterocycles. The molecule has 5 rings (SSSR count). The van der Waals surface area contributed by atoms with Gasteiger partial charge in [-0.3, -0.25) is 4.90 Å². The van der Waals surface area contributed by atoms with Crippen molar-refractivity contribution in [1.82, 2.24) is 24.4 Å². The molecule has 2 N–H and O–H groups in total. The van der Waals surface area contributed by atoms with Gasteiger partial charge in [-0.2, -0.15) is 0 Å². The van der Waals surface area contributed by atoms with Gasteiger partial charge in [0.05, 0.1) is 41.7 Å². The Morgan fingerprint density at radius 1 is 1.03 bits per heavy atom. The number of halogens is 1. The first kappa shape index (κ1) is 23.3. The summed E-state index contributed by atoms with van der Waals surface area (Å²) >= 11 is 5.81. The summed E-state index contributed by atoms with van der Waals surface area (Å²) < 4.78 is 13.1. The molecule has 0 unspecified atom stereocenters. The van der Waals surface area contributed by atoms with Gasteiger partial charge < -0.3 is 24.7 Å². The lowest BCUT2D eigenvalue weighted by Gasteiger charge is -2.26. The molecule has 2 aromatic heterocycles. The minimum absolute atomic E-state index is 0.259. The summed E-state index contributed by atoms with van der Waals surface area (Å²) in [6.07, 6.45) is 3.01. The second-order valence-corrected chi connectivity index (χ2v) is 8.80. The van der Waals surface area contributed by atoms with Gasteiger partial charge in [0, 0.05) is 45.5 Å². The highest BCUT2D eigenvalue weighted by Gasteiger charge is 2.11. The summed E-state index contributed by atoms with van der Waals surface area (Å²) in [5, 5.41) is 7.43. The summed E-state index contributed by atoms with van der Waals surface area (Å²) in [5.41, 5.74) is 4.24. The highest BCUT2D eigenvalue weighted by atomic mass is 35.5. The van der Waals surface area contributed by atoms with Crippen molar-refractivity contribution in [3.8, 4) is 11.8 Å². The van der Waals surface area contributed by atoms with Gasteiger partial charge in [0.15, 0.2) is 0 Å². The number of anilines is 2. The maximum Gasteiger partial charge on any atom is 0.321 e. The Kier molecular flexibility index (Phi) is 7.27. The average molecular weight is 494 g/mol. The molecular formula is C25H28ClN7O2. The molecule has 0 amide bonds. The molecule has 1 fully saturated rings. The van der Waals surface area contributed by atoms with E-state index in [-0.39, 0.29) is 6.01 Å². The fourth-order valence-corrected chi connectivity index (χ4v) is 4.05. The zero-order valence-electron chi connectivity index (χ0n) is 19.6. The Balaban J connectivity index is 1.16. The smallest absolute Gasteiger partial charge is 0.321 e. The number of rotatable bonds is 9. The van der Waals surface area contributed by atoms with E-state index < -0.39 is 0 Å². The first-order valence-electron chi connectivity index (χ1n) is 11.6. The quantitative estimate of drug-likeness (QED) is 0.359. The number of nitrogens with one attached hydrogen (secondary N) is 2. The number of nitrogens with zero attached hydrogens (tertiary/aromatic N) is 5. The van der Waals surface area contributed by atoms with Crippen LogP contribution in [-0.4, -0.2) is 63.8 Å². The molecule has 1 aliphatic heterocycles. The van der Waals surface area contributed by atoms with Gasteiger partial charge >= 0.3 is 6.01 Å². The fourth-order valence-electron chi connectivity index (χ4n) is 3.96. The zero-order valence-corrected chi connectivity index (χ0v) is 20.3. The van der Waals surface area contributed by atoms with Gasteiger partial charge in [-0.05, 0) is 35.9 Å². The van der Waals surface area contributed by atoms with Crippen molar-refractivity contribution in [2.45, 2.75) is 6.54 Å². The lowest BCUT2D eigenvalue weighted by molar-refractivity contribution is 0.0398. The third-order valence-corrected chi connectivity index (χ3v) is 6.12. The molecule has 0 aliphatic carbocycles. The summed E-state index contributed by atoms with van der Waals surface area (Å²) in [7, 11) is 2.03. The SMILES string of the molecule is Cn1c(NCc2ccc(Oc3ncc(Cl)cn3)cc2)nc2ccc(NCCN3CCOCC3)cc21. The highest BCUT2D eigenvalue weighted by molar-refractivity contribution is 6.30. The predicted molar refractivity (Wildman–Crippen MR) is 137 cm³/mol. The van der Waals surface area contributed by atoms with Crippen molar-refractivity contribution in [2.75, 3.05) is 50.0 Å². The molecule has 10 heteroatoms. The molecule has 182 valence electrons. The van der Waals surface area contributed by atoms with Crippen molar-refractivity contribution < 1.29 is 9.47 Å². The number of fused-ring (bicyclic) bond motifs is 1. The third-order valence-electron chi connectivity index (χ3n) is 5.92. The molecule has 0 saturated carbocycles. The second kappa shape index (κ2) is 10.9. The maximum atomic E-state index is 5.81. The molecule has 1 aliphatic rings. The molecule has 9 nitrogen and oxygen atoms in total. The number of benzene rings is 2. The fraction of sp³-hybridized carbons (Fsp3) is 0.320. The number of imidazole rings is 1. The van der Waals surface area contributed by atoms with Gasteiger partial charge in [-0.1, -0.05) is 23.7 Å². The lowest BCUT2D eigenvalue weighted by Crippen LogP contribution is -2.38. The molecular weight excluding hydrogens is 466 g/mol. The van der Waals surface area contributed by atoms with Crippen LogP contribution in [0.3, 0.4) is 0 Å². The van der Waals surface area contributed by atoms with Gasteiger partial charge in [-0.25, -0.2) is 15.0 Å². The van der Waals surface area contributed by atoms with Crippen LogP contribution in [0.25, 0.3) is 11.0 Å². The van der Waals surface area contributed by atoms with E-state index in [1.165, 1.54) is 12.4 Å². The van der Waals surface area contributed by atoms with Crippen LogP contribution in [0.15, 0.2) is 54.9 Å². The molecule has 0 spiro atoms. The van der Waals surface area contributed by atoms with E-state index in [1.54, 1.807) is 0 Å². The zero-order chi connectivity index (χ0) is 24.0. The van der Waals surface area contributed by atoms with Gasteiger partial charge in [0.25, 0.3) is 0 Å². The van der Waals surface area contributed by atoms with Crippen LogP contribution in [0.4, 0.5) is 11.6 Å². The molecule has 4 aromatic rings. The van der Waals surface area contributed by atoms with Crippen LogP contribution in [0.2, 0.25) is 5.02 Å². The van der Waals surface area contributed by atoms with Crippen molar-refractivity contribution in [2.24, 2.45) is 7.05 Å². The van der Waals surface area contributed by atoms with Crippen LogP contribution in [-0.2, 0) is 18.3 Å². The Morgan fingerprint density at radius 2 is 1.80 bits per heavy atom. The Hall–Kier alpha value is -3.40. The topological polar surface area (TPSA) is 89.4 Å². The minimum atomic E-state index is 0.259. The number of ether oxygens (including phenoxy) is 2. The Bertz CT molecular complexity index is 1260. The van der Waals surface area contributed by atoms with Crippen LogP contribution in [0.1, 0.15) is 5.56 Å². The predicted octanol–water partition coefficient (Wildman–Crippen LogP) is 4.17. The summed E-state index contributed by atoms with van der Waals surface area (Å²) in [6.45, 7) is 6.21. The number of hydrogen-bond donors (Lipinski definition) is 2. The van der Waals surface area contributed by atoms with E-state index >= 15 is 0 Å².